The highest BCUT2D eigenvalue weighted by Gasteiger charge is 2.14. The van der Waals surface area contributed by atoms with Crippen LogP contribution in [-0.4, -0.2) is 0 Å². The standard InChI is InChI=1S/C43H35N/c1-30-26-31(2)43(32(3)27-30)36-20-24-42(25-21-36)44(40-12-8-5-9-13-40)41-22-18-34(19-23-41)38-17-15-35-14-16-37(28-39(35)29-38)33-10-6-4-7-11-33/h4-29H,1-3H3/i5D,8D,9D,12D,13D. The molecule has 0 radical (unpaired) electrons. The topological polar surface area (TPSA) is 3.24 Å². The summed E-state index contributed by atoms with van der Waals surface area (Å²) in [5.74, 6) is 0. The van der Waals surface area contributed by atoms with Gasteiger partial charge in [-0.1, -0.05) is 115 Å². The van der Waals surface area contributed by atoms with Crippen LogP contribution in [0.5, 0.6) is 0 Å². The van der Waals surface area contributed by atoms with Gasteiger partial charge >= 0.3 is 0 Å². The Morgan fingerprint density at radius 1 is 0.432 bits per heavy atom. The van der Waals surface area contributed by atoms with Gasteiger partial charge in [-0.05, 0) is 125 Å². The van der Waals surface area contributed by atoms with E-state index < -0.39 is 6.04 Å². The first kappa shape index (κ1) is 22.2. The van der Waals surface area contributed by atoms with Gasteiger partial charge in [-0.2, -0.15) is 0 Å². The summed E-state index contributed by atoms with van der Waals surface area (Å²) < 4.78 is 42.7. The number of hydrogen-bond donors (Lipinski definition) is 0. The van der Waals surface area contributed by atoms with E-state index in [1.54, 1.807) is 4.90 Å². The summed E-state index contributed by atoms with van der Waals surface area (Å²) in [7, 11) is 0. The molecule has 0 amide bonds. The minimum absolute atomic E-state index is 0.105. The van der Waals surface area contributed by atoms with Crippen LogP contribution >= 0.6 is 0 Å². The first-order chi connectivity index (χ1) is 23.6. The summed E-state index contributed by atoms with van der Waals surface area (Å²) in [6, 6.07) is 41.9. The largest absolute Gasteiger partial charge is 0.311 e. The third-order valence-electron chi connectivity index (χ3n) is 8.21. The van der Waals surface area contributed by atoms with Crippen molar-refractivity contribution in [3.8, 4) is 33.4 Å². The van der Waals surface area contributed by atoms with E-state index in [2.05, 4.69) is 81.4 Å². The van der Waals surface area contributed by atoms with Gasteiger partial charge in [0.05, 0.1) is 6.85 Å². The molecule has 0 aliphatic carbocycles. The van der Waals surface area contributed by atoms with E-state index in [1.165, 1.54) is 27.8 Å². The molecule has 1 nitrogen and oxygen atoms in total. The number of aryl methyl sites for hydroxylation is 3. The molecule has 0 spiro atoms. The molecule has 44 heavy (non-hydrogen) atoms. The van der Waals surface area contributed by atoms with Crippen molar-refractivity contribution in [2.45, 2.75) is 20.8 Å². The lowest BCUT2D eigenvalue weighted by molar-refractivity contribution is 1.28. The van der Waals surface area contributed by atoms with E-state index in [4.69, 9.17) is 6.85 Å². The molecule has 0 saturated carbocycles. The van der Waals surface area contributed by atoms with Crippen molar-refractivity contribution in [1.29, 1.82) is 0 Å². The number of benzene rings is 7. The molecule has 7 rings (SSSR count). The highest BCUT2D eigenvalue weighted by atomic mass is 15.1. The number of para-hydroxylation sites is 1. The van der Waals surface area contributed by atoms with E-state index in [-0.39, 0.29) is 29.9 Å². The van der Waals surface area contributed by atoms with Crippen LogP contribution < -0.4 is 4.90 Å². The van der Waals surface area contributed by atoms with Crippen LogP contribution in [0, 0.1) is 20.8 Å². The molecule has 0 heterocycles. The monoisotopic (exact) mass is 570 g/mol. The van der Waals surface area contributed by atoms with Gasteiger partial charge in [-0.15, -0.1) is 0 Å². The fourth-order valence-electron chi connectivity index (χ4n) is 6.21. The molecule has 0 aliphatic heterocycles. The zero-order chi connectivity index (χ0) is 34.4. The van der Waals surface area contributed by atoms with Gasteiger partial charge < -0.3 is 4.90 Å². The highest BCUT2D eigenvalue weighted by molar-refractivity contribution is 5.91. The molecule has 0 N–H and O–H groups in total. The summed E-state index contributed by atoms with van der Waals surface area (Å²) >= 11 is 0. The first-order valence-electron chi connectivity index (χ1n) is 17.4. The number of rotatable bonds is 6. The van der Waals surface area contributed by atoms with Crippen molar-refractivity contribution in [2.75, 3.05) is 4.90 Å². The van der Waals surface area contributed by atoms with Crippen LogP contribution in [-0.2, 0) is 0 Å². The average Bonchev–Trinajstić information content (AvgIpc) is 3.12. The Hall–Kier alpha value is -5.40. The van der Waals surface area contributed by atoms with Crippen LogP contribution in [0.3, 0.4) is 0 Å². The van der Waals surface area contributed by atoms with Crippen molar-refractivity contribution in [2.24, 2.45) is 0 Å². The number of anilines is 3. The van der Waals surface area contributed by atoms with Crippen molar-refractivity contribution in [1.82, 2.24) is 0 Å². The zero-order valence-electron chi connectivity index (χ0n) is 30.1. The second kappa shape index (κ2) is 11.7. The van der Waals surface area contributed by atoms with Gasteiger partial charge in [-0.3, -0.25) is 0 Å². The Labute approximate surface area is 267 Å². The van der Waals surface area contributed by atoms with E-state index in [1.807, 2.05) is 66.7 Å². The van der Waals surface area contributed by atoms with Crippen molar-refractivity contribution < 1.29 is 6.85 Å². The van der Waals surface area contributed by atoms with Crippen LogP contribution in [0.2, 0.25) is 0 Å². The minimum atomic E-state index is -0.415. The molecule has 0 atom stereocenters. The van der Waals surface area contributed by atoms with Gasteiger partial charge in [0.1, 0.15) is 0 Å². The molecule has 7 aromatic carbocycles. The van der Waals surface area contributed by atoms with Gasteiger partial charge in [0.2, 0.25) is 0 Å². The molecule has 0 aromatic heterocycles. The van der Waals surface area contributed by atoms with Crippen LogP contribution in [0.15, 0.2) is 158 Å². The maximum absolute atomic E-state index is 8.84. The summed E-state index contributed by atoms with van der Waals surface area (Å²) in [5.41, 5.74) is 11.7. The van der Waals surface area contributed by atoms with Crippen molar-refractivity contribution in [3.05, 3.63) is 174 Å². The van der Waals surface area contributed by atoms with E-state index in [0.29, 0.717) is 11.4 Å². The molecular formula is C43H35N. The maximum Gasteiger partial charge on any atom is 0.0645 e. The fraction of sp³-hybridized carbons (Fsp3) is 0.0698. The Morgan fingerprint density at radius 3 is 1.50 bits per heavy atom. The zero-order valence-corrected chi connectivity index (χ0v) is 25.1. The molecule has 212 valence electrons. The molecule has 1 heteroatoms. The molecule has 0 bridgehead atoms. The van der Waals surface area contributed by atoms with E-state index >= 15 is 0 Å². The molecule has 0 unspecified atom stereocenters. The Balaban J connectivity index is 1.31. The molecule has 0 saturated heterocycles. The van der Waals surface area contributed by atoms with Crippen LogP contribution in [0.1, 0.15) is 23.5 Å². The predicted molar refractivity (Wildman–Crippen MR) is 189 cm³/mol. The van der Waals surface area contributed by atoms with Gasteiger partial charge in [0, 0.05) is 17.1 Å². The lowest BCUT2D eigenvalue weighted by Gasteiger charge is -2.26. The lowest BCUT2D eigenvalue weighted by atomic mass is 9.93. The summed E-state index contributed by atoms with van der Waals surface area (Å²) in [5, 5.41) is 2.30. The molecule has 0 fully saturated rings. The summed E-state index contributed by atoms with van der Waals surface area (Å²) in [6.07, 6.45) is 0. The van der Waals surface area contributed by atoms with Crippen molar-refractivity contribution in [3.63, 3.8) is 0 Å². The number of hydrogen-bond acceptors (Lipinski definition) is 1. The number of fused-ring (bicyclic) bond motifs is 1. The maximum atomic E-state index is 8.84. The fourth-order valence-corrected chi connectivity index (χ4v) is 6.21. The van der Waals surface area contributed by atoms with E-state index in [0.717, 1.165) is 33.0 Å². The quantitative estimate of drug-likeness (QED) is 0.192. The summed E-state index contributed by atoms with van der Waals surface area (Å²) in [6.45, 7) is 6.32. The SMILES string of the molecule is [2H]c1c([2H])c([2H])c(N(c2ccc(-c3ccc4ccc(-c5ccccc5)cc4c3)cc2)c2ccc(-c3c(C)cc(C)cc3C)cc2)c([2H])c1[2H]. The second-order valence-electron chi connectivity index (χ2n) is 11.3. The number of nitrogens with zero attached hydrogens (tertiary/aromatic N) is 1. The smallest absolute Gasteiger partial charge is 0.0645 e. The molecular weight excluding hydrogens is 530 g/mol. The van der Waals surface area contributed by atoms with Gasteiger partial charge in [0.25, 0.3) is 0 Å². The molecule has 0 aliphatic rings. The van der Waals surface area contributed by atoms with Crippen LogP contribution in [0.25, 0.3) is 44.2 Å². The normalized spacial score (nSPS) is 12.7. The Bertz CT molecular complexity index is 2300. The van der Waals surface area contributed by atoms with E-state index in [9.17, 15) is 0 Å². The molecule has 7 aromatic rings. The lowest BCUT2D eigenvalue weighted by Crippen LogP contribution is -2.09. The Morgan fingerprint density at radius 2 is 0.932 bits per heavy atom. The second-order valence-corrected chi connectivity index (χ2v) is 11.3. The van der Waals surface area contributed by atoms with Gasteiger partial charge in [0.15, 0.2) is 0 Å². The predicted octanol–water partition coefficient (Wildman–Crippen LogP) is 12.2. The van der Waals surface area contributed by atoms with Crippen molar-refractivity contribution >= 4 is 27.8 Å². The summed E-state index contributed by atoms with van der Waals surface area (Å²) in [4.78, 5) is 1.76. The minimum Gasteiger partial charge on any atom is -0.311 e. The highest BCUT2D eigenvalue weighted by Crippen LogP contribution is 2.38. The average molecular weight is 571 g/mol. The third kappa shape index (κ3) is 5.41. The Kier molecular flexibility index (Phi) is 5.90. The van der Waals surface area contributed by atoms with Crippen LogP contribution in [0.4, 0.5) is 17.1 Å². The first-order valence-corrected chi connectivity index (χ1v) is 14.9. The third-order valence-corrected chi connectivity index (χ3v) is 8.21. The van der Waals surface area contributed by atoms with Gasteiger partial charge in [-0.25, -0.2) is 0 Å².